The molecule has 0 aliphatic carbocycles. The number of aromatic nitrogens is 4. The summed E-state index contributed by atoms with van der Waals surface area (Å²) in [7, 11) is 0. The quantitative estimate of drug-likeness (QED) is 0.593. The number of fused-ring (bicyclic) bond motifs is 3. The van der Waals surface area contributed by atoms with Crippen molar-refractivity contribution in [2.24, 2.45) is 0 Å². The molecule has 110 valence electrons. The van der Waals surface area contributed by atoms with Gasteiger partial charge >= 0.3 is 0 Å². The lowest BCUT2D eigenvalue weighted by Crippen LogP contribution is -2.19. The number of benzene rings is 1. The van der Waals surface area contributed by atoms with E-state index in [0.717, 1.165) is 33.3 Å². The number of nitrogens with zero attached hydrogens (tertiary/aromatic N) is 4. The van der Waals surface area contributed by atoms with E-state index in [1.165, 1.54) is 0 Å². The zero-order valence-electron chi connectivity index (χ0n) is 12.4. The summed E-state index contributed by atoms with van der Waals surface area (Å²) < 4.78 is 1.80. The van der Waals surface area contributed by atoms with Crippen LogP contribution < -0.4 is 0 Å². The largest absolute Gasteiger partial charge is 0.390 e. The zero-order valence-corrected chi connectivity index (χ0v) is 13.2. The number of hydrogen-bond donors (Lipinski definition) is 1. The summed E-state index contributed by atoms with van der Waals surface area (Å²) in [4.78, 5) is 9.19. The molecule has 0 unspecified atom stereocenters. The molecule has 0 spiro atoms. The Morgan fingerprint density at radius 3 is 2.76 bits per heavy atom. The van der Waals surface area contributed by atoms with Crippen LogP contribution in [0.4, 0.5) is 0 Å². The second kappa shape index (κ2) is 5.27. The van der Waals surface area contributed by atoms with Crippen LogP contribution in [0.25, 0.3) is 16.6 Å². The predicted octanol–water partition coefficient (Wildman–Crippen LogP) is 2.84. The SMILES string of the molecule is Cc1nc2c3ccccc3nc(SCCC(C)(C)O)n2n1. The predicted molar refractivity (Wildman–Crippen MR) is 84.7 cm³/mol. The minimum absolute atomic E-state index is 0.665. The van der Waals surface area contributed by atoms with E-state index in [4.69, 9.17) is 0 Å². The molecule has 6 heteroatoms. The van der Waals surface area contributed by atoms with Crippen molar-refractivity contribution in [3.8, 4) is 0 Å². The summed E-state index contributed by atoms with van der Waals surface area (Å²) in [5, 5.41) is 16.1. The summed E-state index contributed by atoms with van der Waals surface area (Å²) in [5.41, 5.74) is 1.09. The molecule has 2 aromatic heterocycles. The Hall–Kier alpha value is -1.66. The Balaban J connectivity index is 2.03. The van der Waals surface area contributed by atoms with E-state index >= 15 is 0 Å². The third kappa shape index (κ3) is 3.01. The Morgan fingerprint density at radius 2 is 2.00 bits per heavy atom. The summed E-state index contributed by atoms with van der Waals surface area (Å²) in [6.45, 7) is 5.51. The van der Waals surface area contributed by atoms with Gasteiger partial charge in [-0.05, 0) is 39.3 Å². The highest BCUT2D eigenvalue weighted by Gasteiger charge is 2.15. The second-order valence-corrected chi connectivity index (χ2v) is 6.78. The van der Waals surface area contributed by atoms with Crippen LogP contribution in [0.5, 0.6) is 0 Å². The minimum atomic E-state index is -0.665. The van der Waals surface area contributed by atoms with E-state index in [0.29, 0.717) is 6.42 Å². The number of thioether (sulfide) groups is 1. The first-order valence-electron chi connectivity index (χ1n) is 6.91. The van der Waals surface area contributed by atoms with Gasteiger partial charge in [-0.25, -0.2) is 9.97 Å². The van der Waals surface area contributed by atoms with Gasteiger partial charge in [0, 0.05) is 11.1 Å². The van der Waals surface area contributed by atoms with Crippen molar-refractivity contribution in [2.75, 3.05) is 5.75 Å². The fraction of sp³-hybridized carbons (Fsp3) is 0.400. The molecule has 21 heavy (non-hydrogen) atoms. The topological polar surface area (TPSA) is 63.3 Å². The van der Waals surface area contributed by atoms with Crippen LogP contribution in [0.3, 0.4) is 0 Å². The average Bonchev–Trinajstić information content (AvgIpc) is 2.79. The number of aryl methyl sites for hydroxylation is 1. The van der Waals surface area contributed by atoms with Crippen LogP contribution in [0.1, 0.15) is 26.1 Å². The van der Waals surface area contributed by atoms with Gasteiger partial charge in [0.25, 0.3) is 0 Å². The molecular formula is C15H18N4OS. The third-order valence-electron chi connectivity index (χ3n) is 3.20. The highest BCUT2D eigenvalue weighted by atomic mass is 32.2. The monoisotopic (exact) mass is 302 g/mol. The van der Waals surface area contributed by atoms with Crippen LogP contribution in [-0.4, -0.2) is 36.0 Å². The zero-order chi connectivity index (χ0) is 15.0. The van der Waals surface area contributed by atoms with Crippen molar-refractivity contribution in [3.63, 3.8) is 0 Å². The van der Waals surface area contributed by atoms with Crippen LogP contribution in [0.15, 0.2) is 29.4 Å². The molecule has 0 saturated heterocycles. The highest BCUT2D eigenvalue weighted by molar-refractivity contribution is 7.99. The summed E-state index contributed by atoms with van der Waals surface area (Å²) in [6.07, 6.45) is 0.696. The van der Waals surface area contributed by atoms with Gasteiger partial charge in [-0.2, -0.15) is 4.52 Å². The average molecular weight is 302 g/mol. The van der Waals surface area contributed by atoms with E-state index < -0.39 is 5.60 Å². The van der Waals surface area contributed by atoms with Crippen molar-refractivity contribution in [3.05, 3.63) is 30.1 Å². The van der Waals surface area contributed by atoms with Gasteiger partial charge in [-0.1, -0.05) is 23.9 Å². The molecule has 1 N–H and O–H groups in total. The van der Waals surface area contributed by atoms with Gasteiger partial charge in [0.15, 0.2) is 10.8 Å². The lowest BCUT2D eigenvalue weighted by atomic mass is 10.1. The standard InChI is InChI=1S/C15H18N4OS/c1-10-16-13-11-6-4-5-7-12(11)17-14(19(13)18-10)21-9-8-15(2,3)20/h4-7,20H,8-9H2,1-3H3. The molecule has 0 atom stereocenters. The van der Waals surface area contributed by atoms with E-state index in [1.807, 2.05) is 45.0 Å². The summed E-state index contributed by atoms with van der Waals surface area (Å²) in [5.74, 6) is 1.51. The number of hydrogen-bond acceptors (Lipinski definition) is 5. The fourth-order valence-electron chi connectivity index (χ4n) is 2.12. The lowest BCUT2D eigenvalue weighted by Gasteiger charge is -2.16. The molecule has 5 nitrogen and oxygen atoms in total. The van der Waals surface area contributed by atoms with Gasteiger partial charge in [0.2, 0.25) is 0 Å². The van der Waals surface area contributed by atoms with E-state index in [-0.39, 0.29) is 0 Å². The molecule has 3 rings (SSSR count). The number of aliphatic hydroxyl groups is 1. The maximum Gasteiger partial charge on any atom is 0.191 e. The first-order chi connectivity index (χ1) is 9.94. The number of rotatable bonds is 4. The molecule has 0 aliphatic rings. The van der Waals surface area contributed by atoms with Crippen LogP contribution in [-0.2, 0) is 0 Å². The fourth-order valence-corrected chi connectivity index (χ4v) is 3.32. The third-order valence-corrected chi connectivity index (χ3v) is 4.13. The molecule has 0 saturated carbocycles. The van der Waals surface area contributed by atoms with Crippen LogP contribution in [0.2, 0.25) is 0 Å². The molecule has 1 aromatic carbocycles. The lowest BCUT2D eigenvalue weighted by molar-refractivity contribution is 0.0777. The molecule has 0 fully saturated rings. The van der Waals surface area contributed by atoms with Gasteiger partial charge in [0.1, 0.15) is 5.82 Å². The Labute approximate surface area is 127 Å². The Bertz CT molecular complexity index is 791. The highest BCUT2D eigenvalue weighted by Crippen LogP contribution is 2.25. The minimum Gasteiger partial charge on any atom is -0.390 e. The van der Waals surface area contributed by atoms with Gasteiger partial charge < -0.3 is 5.11 Å². The smallest absolute Gasteiger partial charge is 0.191 e. The molecule has 2 heterocycles. The van der Waals surface area contributed by atoms with Crippen molar-refractivity contribution < 1.29 is 5.11 Å². The first-order valence-corrected chi connectivity index (χ1v) is 7.90. The Kier molecular flexibility index (Phi) is 3.59. The van der Waals surface area contributed by atoms with E-state index in [1.54, 1.807) is 16.3 Å². The van der Waals surface area contributed by atoms with Crippen LogP contribution in [0, 0.1) is 6.92 Å². The molecule has 0 aliphatic heterocycles. The van der Waals surface area contributed by atoms with Crippen molar-refractivity contribution in [1.82, 2.24) is 19.6 Å². The summed E-state index contributed by atoms with van der Waals surface area (Å²) >= 11 is 1.59. The van der Waals surface area contributed by atoms with Crippen LogP contribution >= 0.6 is 11.8 Å². The van der Waals surface area contributed by atoms with Crippen molar-refractivity contribution >= 4 is 28.3 Å². The first kappa shape index (κ1) is 14.3. The van der Waals surface area contributed by atoms with E-state index in [2.05, 4.69) is 15.1 Å². The second-order valence-electron chi connectivity index (χ2n) is 5.72. The van der Waals surface area contributed by atoms with Gasteiger partial charge in [-0.15, -0.1) is 5.10 Å². The van der Waals surface area contributed by atoms with Crippen molar-refractivity contribution in [2.45, 2.75) is 37.9 Å². The molecule has 0 bridgehead atoms. The molecule has 0 amide bonds. The molecular weight excluding hydrogens is 284 g/mol. The van der Waals surface area contributed by atoms with Gasteiger partial charge in [0.05, 0.1) is 11.1 Å². The number of para-hydroxylation sites is 1. The molecule has 0 radical (unpaired) electrons. The Morgan fingerprint density at radius 1 is 1.24 bits per heavy atom. The van der Waals surface area contributed by atoms with Crippen molar-refractivity contribution in [1.29, 1.82) is 0 Å². The van der Waals surface area contributed by atoms with Gasteiger partial charge in [-0.3, -0.25) is 0 Å². The van der Waals surface area contributed by atoms with E-state index in [9.17, 15) is 5.11 Å². The maximum absolute atomic E-state index is 9.82. The maximum atomic E-state index is 9.82. The molecule has 3 aromatic rings. The summed E-state index contributed by atoms with van der Waals surface area (Å²) in [6, 6.07) is 7.95. The normalized spacial score (nSPS) is 12.4.